The number of ether oxygens (including phenoxy) is 2. The Labute approximate surface area is 400 Å². The Morgan fingerprint density at radius 1 is 0.544 bits per heavy atom. The van der Waals surface area contributed by atoms with Gasteiger partial charge in [0.15, 0.2) is 23.0 Å². The van der Waals surface area contributed by atoms with Crippen molar-refractivity contribution >= 4 is 68.1 Å². The number of nitrogens with zero attached hydrogens (tertiary/aromatic N) is 2. The molecule has 0 atom stereocenters. The average molecular weight is 887 g/mol. The molecule has 6 heteroatoms. The topological polar surface area (TPSA) is 38.1 Å². The fraction of sp³-hybridized carbons (Fsp3) is 0.226. The first kappa shape index (κ1) is 41.0. The third-order valence-electron chi connectivity index (χ3n) is 15.7. The van der Waals surface area contributed by atoms with Gasteiger partial charge in [0.1, 0.15) is 11.2 Å². The number of hydrogen-bond acceptors (Lipinski definition) is 5. The van der Waals surface area contributed by atoms with Crippen molar-refractivity contribution in [3.63, 3.8) is 0 Å². The van der Waals surface area contributed by atoms with E-state index in [1.807, 2.05) is 24.3 Å². The standard InChI is InChI=1S/C62H55BN2O3/c1-36-29-42-57-47(25-26-54-58(57)40-19-13-14-20-51(40)66-54)65(46-24-23-39(60(3,4)5)32-41(46)38-17-11-10-12-18-38)63-45-34-55-56(68-53-22-16-15-21-52(53)67-55)35-49(45)64(50(30-36)59(42)63)48-33-44-43(31-37(48)2)61(6,7)27-28-62(44,8)9/h10-26,29-35H,27-28H2,1-9H3. The van der Waals surface area contributed by atoms with Gasteiger partial charge in [-0.15, -0.1) is 0 Å². The molecule has 4 heterocycles. The molecule has 1 aliphatic carbocycles. The highest BCUT2D eigenvalue weighted by molar-refractivity contribution is 6.94. The normalized spacial score (nSPS) is 16.0. The largest absolute Gasteiger partial charge is 0.456 e. The molecule has 0 unspecified atom stereocenters. The number of furan rings is 1. The number of benzene rings is 8. The predicted octanol–water partition coefficient (Wildman–Crippen LogP) is 16.1. The van der Waals surface area contributed by atoms with Crippen molar-refractivity contribution in [1.29, 1.82) is 0 Å². The van der Waals surface area contributed by atoms with Gasteiger partial charge in [0.25, 0.3) is 0 Å². The molecule has 5 nitrogen and oxygen atoms in total. The second-order valence-corrected chi connectivity index (χ2v) is 22.1. The summed E-state index contributed by atoms with van der Waals surface area (Å²) in [6.45, 7) is 20.9. The van der Waals surface area contributed by atoms with Crippen LogP contribution in [-0.2, 0) is 16.2 Å². The van der Waals surface area contributed by atoms with E-state index >= 15 is 0 Å². The molecule has 68 heavy (non-hydrogen) atoms. The number of hydrogen-bond donors (Lipinski definition) is 0. The monoisotopic (exact) mass is 886 g/mol. The second kappa shape index (κ2) is 14.2. The molecule has 334 valence electrons. The fourth-order valence-electron chi connectivity index (χ4n) is 12.0. The minimum absolute atomic E-state index is 0.00768. The summed E-state index contributed by atoms with van der Waals surface area (Å²) in [5, 5.41) is 2.24. The van der Waals surface area contributed by atoms with Gasteiger partial charge in [-0.25, -0.2) is 0 Å². The number of aryl methyl sites for hydroxylation is 2. The molecule has 0 spiro atoms. The van der Waals surface area contributed by atoms with Crippen molar-refractivity contribution in [3.05, 3.63) is 173 Å². The maximum absolute atomic E-state index is 6.86. The zero-order valence-corrected chi connectivity index (χ0v) is 40.5. The molecule has 9 aromatic rings. The Bertz CT molecular complexity index is 3610. The molecule has 13 rings (SSSR count). The van der Waals surface area contributed by atoms with Crippen LogP contribution in [0.4, 0.5) is 28.4 Å². The highest BCUT2D eigenvalue weighted by Crippen LogP contribution is 2.56. The van der Waals surface area contributed by atoms with Crippen LogP contribution in [0.2, 0.25) is 0 Å². The van der Waals surface area contributed by atoms with Gasteiger partial charge >= 0.3 is 6.85 Å². The van der Waals surface area contributed by atoms with E-state index in [0.29, 0.717) is 23.0 Å². The molecule has 8 aromatic carbocycles. The minimum Gasteiger partial charge on any atom is -0.456 e. The zero-order chi connectivity index (χ0) is 46.6. The van der Waals surface area contributed by atoms with E-state index in [-0.39, 0.29) is 23.1 Å². The highest BCUT2D eigenvalue weighted by Gasteiger charge is 2.48. The summed E-state index contributed by atoms with van der Waals surface area (Å²) in [6, 6.07) is 53.5. The number of fused-ring (bicyclic) bond motifs is 11. The van der Waals surface area contributed by atoms with E-state index in [2.05, 4.69) is 193 Å². The number of para-hydroxylation sites is 3. The molecular formula is C62H55BN2O3. The lowest BCUT2D eigenvalue weighted by molar-refractivity contribution is 0.332. The quantitative estimate of drug-likeness (QED) is 0.165. The van der Waals surface area contributed by atoms with Gasteiger partial charge < -0.3 is 23.6 Å². The SMILES string of the molecule is Cc1cc2c3c(c1)N(c1cc4c(cc1C)C(C)(C)CCC4(C)C)c1cc4c(cc1B3N(c1ccc(C(C)(C)C)cc1-c1ccccc1)c1ccc3oc5ccccc5c3c1-2)Oc1ccccc1O4. The van der Waals surface area contributed by atoms with Gasteiger partial charge in [-0.2, -0.15) is 0 Å². The smallest absolute Gasteiger partial charge is 0.333 e. The van der Waals surface area contributed by atoms with Crippen LogP contribution in [0.25, 0.3) is 44.2 Å². The lowest BCUT2D eigenvalue weighted by Crippen LogP contribution is -2.61. The molecular weight excluding hydrogens is 832 g/mol. The Morgan fingerprint density at radius 3 is 1.94 bits per heavy atom. The maximum atomic E-state index is 6.86. The number of anilines is 5. The molecule has 3 aliphatic heterocycles. The predicted molar refractivity (Wildman–Crippen MR) is 283 cm³/mol. The summed E-state index contributed by atoms with van der Waals surface area (Å²) in [4.78, 5) is 5.20. The van der Waals surface area contributed by atoms with Crippen molar-refractivity contribution < 1.29 is 13.9 Å². The van der Waals surface area contributed by atoms with Gasteiger partial charge in [0, 0.05) is 56.4 Å². The molecule has 0 radical (unpaired) electrons. The van der Waals surface area contributed by atoms with Gasteiger partial charge in [0.05, 0.1) is 0 Å². The lowest BCUT2D eigenvalue weighted by atomic mass is 9.43. The van der Waals surface area contributed by atoms with Gasteiger partial charge in [0.2, 0.25) is 0 Å². The molecule has 0 amide bonds. The van der Waals surface area contributed by atoms with Gasteiger partial charge in [-0.1, -0.05) is 127 Å². The molecule has 0 fully saturated rings. The summed E-state index contributed by atoms with van der Waals surface area (Å²) in [7, 11) is 0. The second-order valence-electron chi connectivity index (χ2n) is 22.1. The molecule has 0 bridgehead atoms. The first-order chi connectivity index (χ1) is 32.6. The van der Waals surface area contributed by atoms with Crippen LogP contribution in [0.5, 0.6) is 23.0 Å². The van der Waals surface area contributed by atoms with E-state index in [0.717, 1.165) is 57.3 Å². The van der Waals surface area contributed by atoms with E-state index in [4.69, 9.17) is 13.9 Å². The maximum Gasteiger partial charge on any atom is 0.333 e. The molecule has 1 aromatic heterocycles. The summed E-state index contributed by atoms with van der Waals surface area (Å²) in [5.41, 5.74) is 21.2. The van der Waals surface area contributed by atoms with Crippen molar-refractivity contribution in [2.24, 2.45) is 0 Å². The van der Waals surface area contributed by atoms with Crippen LogP contribution in [0, 0.1) is 13.8 Å². The van der Waals surface area contributed by atoms with Gasteiger partial charge in [-0.05, 0) is 153 Å². The van der Waals surface area contributed by atoms with Crippen LogP contribution >= 0.6 is 0 Å². The highest BCUT2D eigenvalue weighted by atomic mass is 16.6. The third kappa shape index (κ3) is 5.95. The van der Waals surface area contributed by atoms with E-state index in [1.165, 1.54) is 66.9 Å². The van der Waals surface area contributed by atoms with Crippen molar-refractivity contribution in [2.75, 3.05) is 9.71 Å². The molecule has 0 N–H and O–H groups in total. The zero-order valence-electron chi connectivity index (χ0n) is 40.5. The van der Waals surface area contributed by atoms with Crippen LogP contribution in [-0.4, -0.2) is 6.85 Å². The van der Waals surface area contributed by atoms with E-state index < -0.39 is 0 Å². The fourth-order valence-corrected chi connectivity index (χ4v) is 12.0. The Morgan fingerprint density at radius 2 is 1.21 bits per heavy atom. The summed E-state index contributed by atoms with van der Waals surface area (Å²) >= 11 is 0. The summed E-state index contributed by atoms with van der Waals surface area (Å²) in [6.07, 6.45) is 2.29. The Kier molecular flexibility index (Phi) is 8.56. The molecule has 0 saturated carbocycles. The lowest BCUT2D eigenvalue weighted by Gasteiger charge is -2.47. The van der Waals surface area contributed by atoms with Crippen LogP contribution < -0.4 is 30.1 Å². The van der Waals surface area contributed by atoms with Crippen molar-refractivity contribution in [1.82, 2.24) is 0 Å². The molecule has 4 aliphatic rings. The first-order valence-corrected chi connectivity index (χ1v) is 24.3. The summed E-state index contributed by atoms with van der Waals surface area (Å²) in [5.74, 6) is 2.84. The van der Waals surface area contributed by atoms with Gasteiger partial charge in [-0.3, -0.25) is 0 Å². The minimum atomic E-state index is -0.266. The Balaban J connectivity index is 1.18. The van der Waals surface area contributed by atoms with Crippen LogP contribution in [0.15, 0.2) is 150 Å². The average Bonchev–Trinajstić information content (AvgIpc) is 3.71. The van der Waals surface area contributed by atoms with Crippen LogP contribution in [0.1, 0.15) is 89.1 Å². The number of rotatable bonds is 3. The van der Waals surface area contributed by atoms with E-state index in [1.54, 1.807) is 0 Å². The van der Waals surface area contributed by atoms with Crippen molar-refractivity contribution in [3.8, 4) is 45.3 Å². The Hall–Kier alpha value is -7.18. The first-order valence-electron chi connectivity index (χ1n) is 24.3. The van der Waals surface area contributed by atoms with Crippen LogP contribution in [0.3, 0.4) is 0 Å². The van der Waals surface area contributed by atoms with E-state index in [9.17, 15) is 0 Å². The summed E-state index contributed by atoms with van der Waals surface area (Å²) < 4.78 is 20.4. The van der Waals surface area contributed by atoms with Crippen molar-refractivity contribution in [2.45, 2.75) is 91.4 Å². The molecule has 0 saturated heterocycles. The third-order valence-corrected chi connectivity index (χ3v) is 15.7.